The number of rotatable bonds is 2. The molecule has 5 rings (SSSR count). The highest BCUT2D eigenvalue weighted by atomic mass is 16.5. The monoisotopic (exact) mass is 353 g/mol. The number of benzene rings is 3. The van der Waals surface area contributed by atoms with Gasteiger partial charge in [-0.3, -0.25) is 0 Å². The van der Waals surface area contributed by atoms with Crippen LogP contribution in [0.25, 0.3) is 44.1 Å². The summed E-state index contributed by atoms with van der Waals surface area (Å²) in [6, 6.07) is 17.2. The maximum Gasteiger partial charge on any atom is 0.141 e. The van der Waals surface area contributed by atoms with Gasteiger partial charge in [0.05, 0.1) is 23.1 Å². The first kappa shape index (κ1) is 15.8. The molecule has 0 amide bonds. The van der Waals surface area contributed by atoms with E-state index in [1.807, 2.05) is 13.8 Å². The van der Waals surface area contributed by atoms with Gasteiger partial charge in [0, 0.05) is 11.1 Å². The van der Waals surface area contributed by atoms with Gasteiger partial charge in [0.1, 0.15) is 5.76 Å². The number of nitrogens with one attached hydrogen (secondary N) is 1. The Labute approximate surface area is 156 Å². The summed E-state index contributed by atoms with van der Waals surface area (Å²) in [5, 5.41) is 6.59. The molecule has 132 valence electrons. The first-order chi connectivity index (χ1) is 13.1. The van der Waals surface area contributed by atoms with Crippen LogP contribution in [-0.2, 0) is 0 Å². The molecule has 2 aromatic heterocycles. The molecule has 0 aliphatic carbocycles. The highest BCUT2D eigenvalue weighted by molar-refractivity contribution is 6.06. The molecule has 0 aliphatic rings. The summed E-state index contributed by atoms with van der Waals surface area (Å²) in [7, 11) is 0. The van der Waals surface area contributed by atoms with Crippen LogP contribution in [0.2, 0.25) is 0 Å². The molecule has 0 saturated heterocycles. The van der Waals surface area contributed by atoms with Crippen molar-refractivity contribution in [3.63, 3.8) is 0 Å². The molecule has 5 aromatic rings. The highest BCUT2D eigenvalue weighted by Crippen LogP contribution is 2.39. The van der Waals surface area contributed by atoms with Gasteiger partial charge < -0.3 is 9.51 Å². The molecule has 27 heavy (non-hydrogen) atoms. The second-order valence-corrected chi connectivity index (χ2v) is 7.00. The Kier molecular flexibility index (Phi) is 3.41. The Morgan fingerprint density at radius 1 is 0.926 bits per heavy atom. The van der Waals surface area contributed by atoms with Gasteiger partial charge in [-0.05, 0) is 60.4 Å². The van der Waals surface area contributed by atoms with E-state index in [0.29, 0.717) is 0 Å². The molecule has 0 aliphatic heterocycles. The Morgan fingerprint density at radius 3 is 2.59 bits per heavy atom. The summed E-state index contributed by atoms with van der Waals surface area (Å²) >= 11 is 0. The van der Waals surface area contributed by atoms with E-state index in [4.69, 9.17) is 4.52 Å². The SMILES string of the molecule is Cc1ccc2ccccc2c1-c1cc(-c2c(C)noc2C)cc2[nH]cnc12. The summed E-state index contributed by atoms with van der Waals surface area (Å²) in [6.45, 7) is 6.09. The number of imidazole rings is 1. The van der Waals surface area contributed by atoms with Crippen LogP contribution in [0.5, 0.6) is 0 Å². The third-order valence-electron chi connectivity index (χ3n) is 5.25. The predicted octanol–water partition coefficient (Wildman–Crippen LogP) is 5.96. The summed E-state index contributed by atoms with van der Waals surface area (Å²) < 4.78 is 5.41. The zero-order valence-electron chi connectivity index (χ0n) is 15.5. The number of nitrogens with zero attached hydrogens (tertiary/aromatic N) is 2. The van der Waals surface area contributed by atoms with E-state index < -0.39 is 0 Å². The Balaban J connectivity index is 1.90. The van der Waals surface area contributed by atoms with E-state index in [-0.39, 0.29) is 0 Å². The van der Waals surface area contributed by atoms with Gasteiger partial charge in [-0.25, -0.2) is 4.98 Å². The smallest absolute Gasteiger partial charge is 0.141 e. The fourth-order valence-corrected chi connectivity index (χ4v) is 4.02. The van der Waals surface area contributed by atoms with Crippen LogP contribution in [0.15, 0.2) is 59.4 Å². The van der Waals surface area contributed by atoms with Gasteiger partial charge in [0.2, 0.25) is 0 Å². The topological polar surface area (TPSA) is 54.7 Å². The minimum absolute atomic E-state index is 0.826. The average molecular weight is 353 g/mol. The molecule has 0 saturated carbocycles. The minimum atomic E-state index is 0.826. The van der Waals surface area contributed by atoms with Crippen molar-refractivity contribution in [1.29, 1.82) is 0 Å². The molecule has 4 heteroatoms. The number of H-pyrrole nitrogens is 1. The van der Waals surface area contributed by atoms with Crippen LogP contribution in [0.3, 0.4) is 0 Å². The lowest BCUT2D eigenvalue weighted by Gasteiger charge is -2.13. The number of fused-ring (bicyclic) bond motifs is 2. The van der Waals surface area contributed by atoms with Crippen LogP contribution >= 0.6 is 0 Å². The molecule has 0 radical (unpaired) electrons. The molecule has 0 spiro atoms. The summed E-state index contributed by atoms with van der Waals surface area (Å²) in [6.07, 6.45) is 1.76. The lowest BCUT2D eigenvalue weighted by atomic mass is 9.90. The molecular formula is C23H19N3O. The van der Waals surface area contributed by atoms with Crippen molar-refractivity contribution in [2.24, 2.45) is 0 Å². The van der Waals surface area contributed by atoms with E-state index in [0.717, 1.165) is 39.2 Å². The highest BCUT2D eigenvalue weighted by Gasteiger charge is 2.18. The Morgan fingerprint density at radius 2 is 1.78 bits per heavy atom. The van der Waals surface area contributed by atoms with Crippen molar-refractivity contribution in [1.82, 2.24) is 15.1 Å². The Bertz CT molecular complexity index is 1290. The largest absolute Gasteiger partial charge is 0.361 e. The average Bonchev–Trinajstić information content (AvgIpc) is 3.27. The van der Waals surface area contributed by atoms with E-state index >= 15 is 0 Å². The van der Waals surface area contributed by atoms with Crippen molar-refractivity contribution in [3.8, 4) is 22.3 Å². The quantitative estimate of drug-likeness (QED) is 0.426. The molecule has 3 aromatic carbocycles. The summed E-state index contributed by atoms with van der Waals surface area (Å²) in [5.41, 5.74) is 8.59. The van der Waals surface area contributed by atoms with Crippen LogP contribution in [0.1, 0.15) is 17.0 Å². The van der Waals surface area contributed by atoms with E-state index in [1.54, 1.807) is 6.33 Å². The standard InChI is InChI=1S/C23H19N3O/c1-13-8-9-16-6-4-5-7-18(16)21(13)19-10-17(11-20-23(19)25-12-24-20)22-14(2)26-27-15(22)3/h4-12H,1-3H3,(H,24,25). The normalized spacial score (nSPS) is 11.5. The van der Waals surface area contributed by atoms with Crippen molar-refractivity contribution in [2.75, 3.05) is 0 Å². The molecule has 1 N–H and O–H groups in total. The second-order valence-electron chi connectivity index (χ2n) is 7.00. The number of hydrogen-bond acceptors (Lipinski definition) is 3. The second kappa shape index (κ2) is 5.81. The van der Waals surface area contributed by atoms with E-state index in [1.165, 1.54) is 21.9 Å². The van der Waals surface area contributed by atoms with Crippen molar-refractivity contribution in [2.45, 2.75) is 20.8 Å². The zero-order valence-corrected chi connectivity index (χ0v) is 15.5. The number of aromatic amines is 1. The molecule has 4 nitrogen and oxygen atoms in total. The van der Waals surface area contributed by atoms with Crippen LogP contribution < -0.4 is 0 Å². The maximum atomic E-state index is 5.41. The van der Waals surface area contributed by atoms with Crippen LogP contribution in [0.4, 0.5) is 0 Å². The van der Waals surface area contributed by atoms with E-state index in [2.05, 4.69) is 70.6 Å². The molecular weight excluding hydrogens is 334 g/mol. The molecule has 0 fully saturated rings. The Hall–Kier alpha value is -3.40. The predicted molar refractivity (Wildman–Crippen MR) is 109 cm³/mol. The number of aryl methyl sites for hydroxylation is 3. The van der Waals surface area contributed by atoms with Crippen LogP contribution in [-0.4, -0.2) is 15.1 Å². The van der Waals surface area contributed by atoms with Gasteiger partial charge in [-0.15, -0.1) is 0 Å². The van der Waals surface area contributed by atoms with Crippen molar-refractivity contribution >= 4 is 21.8 Å². The molecule has 0 atom stereocenters. The zero-order chi connectivity index (χ0) is 18.5. The molecule has 2 heterocycles. The van der Waals surface area contributed by atoms with Crippen LogP contribution in [0, 0.1) is 20.8 Å². The lowest BCUT2D eigenvalue weighted by molar-refractivity contribution is 0.393. The van der Waals surface area contributed by atoms with Gasteiger partial charge in [0.25, 0.3) is 0 Å². The van der Waals surface area contributed by atoms with E-state index in [9.17, 15) is 0 Å². The van der Waals surface area contributed by atoms with Gasteiger partial charge in [-0.1, -0.05) is 41.6 Å². The fraction of sp³-hybridized carbons (Fsp3) is 0.130. The molecule has 0 bridgehead atoms. The van der Waals surface area contributed by atoms with Gasteiger partial charge in [-0.2, -0.15) is 0 Å². The number of hydrogen-bond donors (Lipinski definition) is 1. The fourth-order valence-electron chi connectivity index (χ4n) is 4.02. The minimum Gasteiger partial charge on any atom is -0.361 e. The third kappa shape index (κ3) is 2.37. The maximum absolute atomic E-state index is 5.41. The summed E-state index contributed by atoms with van der Waals surface area (Å²) in [4.78, 5) is 7.89. The summed E-state index contributed by atoms with van der Waals surface area (Å²) in [5.74, 6) is 0.826. The first-order valence-electron chi connectivity index (χ1n) is 9.02. The molecule has 0 unspecified atom stereocenters. The first-order valence-corrected chi connectivity index (χ1v) is 9.02. The van der Waals surface area contributed by atoms with Gasteiger partial charge in [0.15, 0.2) is 0 Å². The van der Waals surface area contributed by atoms with Gasteiger partial charge >= 0.3 is 0 Å². The lowest BCUT2D eigenvalue weighted by Crippen LogP contribution is -1.91. The number of aromatic nitrogens is 3. The third-order valence-corrected chi connectivity index (χ3v) is 5.25. The van der Waals surface area contributed by atoms with Crippen molar-refractivity contribution < 1.29 is 4.52 Å². The van der Waals surface area contributed by atoms with Crippen molar-refractivity contribution in [3.05, 3.63) is 71.9 Å².